The third kappa shape index (κ3) is 7.24. The molecule has 3 aromatic carbocycles. The van der Waals surface area contributed by atoms with Crippen LogP contribution in [0.1, 0.15) is 26.3 Å². The highest BCUT2D eigenvalue weighted by molar-refractivity contribution is 7.92. The lowest BCUT2D eigenvalue weighted by Gasteiger charge is -2.32. The van der Waals surface area contributed by atoms with Gasteiger partial charge in [0.05, 0.1) is 20.6 Å². The standard InChI is InChI=1S/C27H28Cl2FN3O4S/c1-18(2)31-27(35)19(3)32(16-20-9-14-24(28)25(29)15-20)26(34)17-33(22-7-5-4-6-8-22)38(36,37)23-12-10-21(30)11-13-23/h4-15,18-19H,16-17H2,1-3H3,(H,31,35)/t19-/m1/s1. The van der Waals surface area contributed by atoms with Gasteiger partial charge in [-0.1, -0.05) is 47.5 Å². The van der Waals surface area contributed by atoms with Gasteiger partial charge in [0.1, 0.15) is 18.4 Å². The molecule has 0 fully saturated rings. The van der Waals surface area contributed by atoms with Crippen LogP contribution in [0.3, 0.4) is 0 Å². The number of amides is 2. The Balaban J connectivity index is 2.01. The van der Waals surface area contributed by atoms with Crippen LogP contribution in [-0.2, 0) is 26.2 Å². The highest BCUT2D eigenvalue weighted by Crippen LogP contribution is 2.26. The monoisotopic (exact) mass is 579 g/mol. The van der Waals surface area contributed by atoms with E-state index in [9.17, 15) is 22.4 Å². The quantitative estimate of drug-likeness (QED) is 0.354. The highest BCUT2D eigenvalue weighted by Gasteiger charge is 2.32. The highest BCUT2D eigenvalue weighted by atomic mass is 35.5. The van der Waals surface area contributed by atoms with E-state index in [4.69, 9.17) is 23.2 Å². The fourth-order valence-electron chi connectivity index (χ4n) is 3.68. The summed E-state index contributed by atoms with van der Waals surface area (Å²) in [6.45, 7) is 4.52. The molecule has 1 N–H and O–H groups in total. The average Bonchev–Trinajstić information content (AvgIpc) is 2.87. The molecular formula is C27H28Cl2FN3O4S. The molecule has 0 aliphatic heterocycles. The molecule has 202 valence electrons. The van der Waals surface area contributed by atoms with Crippen LogP contribution in [0.15, 0.2) is 77.7 Å². The fraction of sp³-hybridized carbons (Fsp3) is 0.259. The van der Waals surface area contributed by atoms with Crippen LogP contribution < -0.4 is 9.62 Å². The molecule has 0 heterocycles. The Morgan fingerprint density at radius 3 is 2.13 bits per heavy atom. The number of nitrogens with one attached hydrogen (secondary N) is 1. The molecule has 0 aliphatic carbocycles. The third-order valence-electron chi connectivity index (χ3n) is 5.66. The first-order chi connectivity index (χ1) is 17.9. The number of sulfonamides is 1. The van der Waals surface area contributed by atoms with Gasteiger partial charge in [-0.2, -0.15) is 0 Å². The van der Waals surface area contributed by atoms with Crippen LogP contribution in [0.25, 0.3) is 0 Å². The van der Waals surface area contributed by atoms with Crippen LogP contribution in [0.5, 0.6) is 0 Å². The molecule has 0 radical (unpaired) electrons. The van der Waals surface area contributed by atoms with E-state index >= 15 is 0 Å². The largest absolute Gasteiger partial charge is 0.352 e. The van der Waals surface area contributed by atoms with Gasteiger partial charge in [-0.25, -0.2) is 12.8 Å². The predicted molar refractivity (Wildman–Crippen MR) is 147 cm³/mol. The molecule has 3 rings (SSSR count). The molecule has 38 heavy (non-hydrogen) atoms. The Hall–Kier alpha value is -3.14. The van der Waals surface area contributed by atoms with E-state index in [0.717, 1.165) is 28.6 Å². The second kappa shape index (κ2) is 12.6. The number of hydrogen-bond acceptors (Lipinski definition) is 4. The number of hydrogen-bond donors (Lipinski definition) is 1. The summed E-state index contributed by atoms with van der Waals surface area (Å²) in [7, 11) is -4.27. The van der Waals surface area contributed by atoms with Crippen molar-refractivity contribution in [1.29, 1.82) is 0 Å². The number of rotatable bonds is 10. The molecule has 0 bridgehead atoms. The van der Waals surface area contributed by atoms with Crippen LogP contribution in [0, 0.1) is 5.82 Å². The van der Waals surface area contributed by atoms with Crippen LogP contribution in [0.2, 0.25) is 10.0 Å². The lowest BCUT2D eigenvalue weighted by atomic mass is 10.1. The van der Waals surface area contributed by atoms with Crippen molar-refractivity contribution in [2.24, 2.45) is 0 Å². The second-order valence-corrected chi connectivity index (χ2v) is 11.6. The lowest BCUT2D eigenvalue weighted by Crippen LogP contribution is -2.52. The van der Waals surface area contributed by atoms with Gasteiger partial charge in [0.25, 0.3) is 10.0 Å². The van der Waals surface area contributed by atoms with Gasteiger partial charge < -0.3 is 10.2 Å². The maximum absolute atomic E-state index is 13.8. The average molecular weight is 581 g/mol. The number of benzene rings is 3. The molecule has 7 nitrogen and oxygen atoms in total. The summed E-state index contributed by atoms with van der Waals surface area (Å²) in [6.07, 6.45) is 0. The zero-order valence-electron chi connectivity index (χ0n) is 21.1. The van der Waals surface area contributed by atoms with Crippen molar-refractivity contribution in [2.75, 3.05) is 10.8 Å². The number of nitrogens with zero attached hydrogens (tertiary/aromatic N) is 2. The minimum Gasteiger partial charge on any atom is -0.352 e. The summed E-state index contributed by atoms with van der Waals surface area (Å²) in [6, 6.07) is 16.1. The van der Waals surface area contributed by atoms with Crippen molar-refractivity contribution in [3.63, 3.8) is 0 Å². The first-order valence-electron chi connectivity index (χ1n) is 11.8. The summed E-state index contributed by atoms with van der Waals surface area (Å²) in [5.41, 5.74) is 0.837. The van der Waals surface area contributed by atoms with Gasteiger partial charge in [0, 0.05) is 12.6 Å². The predicted octanol–water partition coefficient (Wildman–Crippen LogP) is 5.27. The van der Waals surface area contributed by atoms with Gasteiger partial charge in [-0.3, -0.25) is 13.9 Å². The number of para-hydroxylation sites is 1. The molecule has 0 spiro atoms. The van der Waals surface area contributed by atoms with Gasteiger partial charge in [0.2, 0.25) is 11.8 Å². The Morgan fingerprint density at radius 2 is 1.55 bits per heavy atom. The molecule has 0 aliphatic rings. The van der Waals surface area contributed by atoms with Gasteiger partial charge in [-0.15, -0.1) is 0 Å². The van der Waals surface area contributed by atoms with Crippen LogP contribution in [-0.4, -0.2) is 43.8 Å². The van der Waals surface area contributed by atoms with E-state index in [0.29, 0.717) is 10.6 Å². The SMILES string of the molecule is CC(C)NC(=O)[C@@H](C)N(Cc1ccc(Cl)c(Cl)c1)C(=O)CN(c1ccccc1)S(=O)(=O)c1ccc(F)cc1. The summed E-state index contributed by atoms with van der Waals surface area (Å²) in [5.74, 6) is -1.62. The van der Waals surface area contributed by atoms with E-state index < -0.39 is 40.2 Å². The number of carbonyl (C=O) groups is 2. The Bertz CT molecular complexity index is 1390. The number of halogens is 3. The molecule has 0 saturated carbocycles. The zero-order valence-corrected chi connectivity index (χ0v) is 23.4. The summed E-state index contributed by atoms with van der Waals surface area (Å²) in [4.78, 5) is 27.8. The molecule has 2 amide bonds. The minimum atomic E-state index is -4.27. The molecule has 1 atom stereocenters. The maximum atomic E-state index is 13.8. The topological polar surface area (TPSA) is 86.8 Å². The Kier molecular flexibility index (Phi) is 9.76. The summed E-state index contributed by atoms with van der Waals surface area (Å²) in [5, 5.41) is 3.39. The van der Waals surface area contributed by atoms with E-state index in [1.807, 2.05) is 0 Å². The molecule has 3 aromatic rings. The maximum Gasteiger partial charge on any atom is 0.264 e. The lowest BCUT2D eigenvalue weighted by molar-refractivity contribution is -0.139. The van der Waals surface area contributed by atoms with Crippen molar-refractivity contribution >= 4 is 50.7 Å². The fourth-order valence-corrected chi connectivity index (χ4v) is 5.41. The first-order valence-corrected chi connectivity index (χ1v) is 14.0. The van der Waals surface area contributed by atoms with E-state index in [-0.39, 0.29) is 28.2 Å². The number of carbonyl (C=O) groups excluding carboxylic acids is 2. The van der Waals surface area contributed by atoms with Gasteiger partial charge in [0.15, 0.2) is 0 Å². The minimum absolute atomic E-state index is 0.0262. The second-order valence-electron chi connectivity index (χ2n) is 8.91. The van der Waals surface area contributed by atoms with Gasteiger partial charge in [-0.05, 0) is 74.9 Å². The van der Waals surface area contributed by atoms with Crippen molar-refractivity contribution < 1.29 is 22.4 Å². The van der Waals surface area contributed by atoms with Crippen molar-refractivity contribution in [1.82, 2.24) is 10.2 Å². The third-order valence-corrected chi connectivity index (χ3v) is 8.19. The Morgan fingerprint density at radius 1 is 0.921 bits per heavy atom. The van der Waals surface area contributed by atoms with Crippen LogP contribution >= 0.6 is 23.2 Å². The normalized spacial score (nSPS) is 12.2. The molecule has 0 saturated heterocycles. The number of anilines is 1. The van der Waals surface area contributed by atoms with Crippen molar-refractivity contribution in [2.45, 2.75) is 44.3 Å². The molecule has 0 aromatic heterocycles. The van der Waals surface area contributed by atoms with E-state index in [1.165, 1.54) is 4.90 Å². The molecular weight excluding hydrogens is 552 g/mol. The van der Waals surface area contributed by atoms with Gasteiger partial charge >= 0.3 is 0 Å². The Labute approximate surface area is 232 Å². The molecule has 11 heteroatoms. The smallest absolute Gasteiger partial charge is 0.264 e. The van der Waals surface area contributed by atoms with Crippen molar-refractivity contribution in [3.8, 4) is 0 Å². The van der Waals surface area contributed by atoms with E-state index in [1.54, 1.807) is 69.3 Å². The van der Waals surface area contributed by atoms with E-state index in [2.05, 4.69) is 5.32 Å². The van der Waals surface area contributed by atoms with Crippen molar-refractivity contribution in [3.05, 3.63) is 94.2 Å². The molecule has 0 unspecified atom stereocenters. The zero-order chi connectivity index (χ0) is 28.0. The summed E-state index contributed by atoms with van der Waals surface area (Å²) >= 11 is 12.2. The summed E-state index contributed by atoms with van der Waals surface area (Å²) < 4.78 is 41.7. The van der Waals surface area contributed by atoms with Crippen LogP contribution in [0.4, 0.5) is 10.1 Å². The first kappa shape index (κ1) is 29.4.